The van der Waals surface area contributed by atoms with Gasteiger partial charge in [-0.25, -0.2) is 0 Å². The van der Waals surface area contributed by atoms with Crippen molar-refractivity contribution in [1.29, 1.82) is 0 Å². The lowest BCUT2D eigenvalue weighted by molar-refractivity contribution is 0.0846. The minimum Gasteiger partial charge on any atom is -0.380 e. The molecule has 3 aromatic rings. The number of ether oxygens (including phenoxy) is 1. The molecule has 0 heterocycles. The topological polar surface area (TPSA) is 67.4 Å². The van der Waals surface area contributed by atoms with Crippen LogP contribution in [-0.4, -0.2) is 18.9 Å². The van der Waals surface area contributed by atoms with Crippen molar-refractivity contribution in [3.8, 4) is 0 Å². The number of rotatable bonds is 7. The van der Waals surface area contributed by atoms with E-state index in [9.17, 15) is 9.59 Å². The second-order valence-corrected chi connectivity index (χ2v) is 7.96. The largest absolute Gasteiger partial charge is 0.380 e. The first kappa shape index (κ1) is 21.9. The Labute approximate surface area is 184 Å². The molecule has 0 saturated heterocycles. The molecule has 0 saturated carbocycles. The van der Waals surface area contributed by atoms with Crippen molar-refractivity contribution in [2.75, 3.05) is 7.11 Å². The minimum atomic E-state index is -0.386. The number of hydrogen-bond donors (Lipinski definition) is 2. The molecule has 154 valence electrons. The number of thioether (sulfide) groups is 1. The molecule has 2 N–H and O–H groups in total. The van der Waals surface area contributed by atoms with E-state index < -0.39 is 0 Å². The Balaban J connectivity index is 1.49. The van der Waals surface area contributed by atoms with Crippen molar-refractivity contribution < 1.29 is 14.3 Å². The third kappa shape index (κ3) is 6.35. The van der Waals surface area contributed by atoms with Crippen molar-refractivity contribution in [3.63, 3.8) is 0 Å². The molecule has 2 amide bonds. The highest BCUT2D eigenvalue weighted by Crippen LogP contribution is 2.24. The molecule has 0 bridgehead atoms. The lowest BCUT2D eigenvalue weighted by atomic mass is 10.1. The Morgan fingerprint density at radius 2 is 1.30 bits per heavy atom. The van der Waals surface area contributed by atoms with Crippen molar-refractivity contribution in [1.82, 2.24) is 10.9 Å². The van der Waals surface area contributed by atoms with Gasteiger partial charge in [-0.15, -0.1) is 11.8 Å². The zero-order valence-corrected chi connectivity index (χ0v) is 17.9. The van der Waals surface area contributed by atoms with Crippen LogP contribution >= 0.6 is 23.4 Å². The normalized spacial score (nSPS) is 10.5. The maximum Gasteiger partial charge on any atom is 0.269 e. The summed E-state index contributed by atoms with van der Waals surface area (Å²) in [5.41, 5.74) is 7.84. The zero-order chi connectivity index (χ0) is 21.3. The maximum atomic E-state index is 12.3. The van der Waals surface area contributed by atoms with Crippen LogP contribution in [0.15, 0.2) is 77.7 Å². The van der Waals surface area contributed by atoms with Gasteiger partial charge in [0, 0.05) is 33.9 Å². The number of nitrogens with one attached hydrogen (secondary N) is 2. The predicted molar refractivity (Wildman–Crippen MR) is 120 cm³/mol. The van der Waals surface area contributed by atoms with Crippen LogP contribution in [0.1, 0.15) is 31.8 Å². The van der Waals surface area contributed by atoms with Crippen LogP contribution in [0.2, 0.25) is 5.02 Å². The van der Waals surface area contributed by atoms with Gasteiger partial charge < -0.3 is 4.74 Å². The summed E-state index contributed by atoms with van der Waals surface area (Å²) < 4.78 is 5.04. The maximum absolute atomic E-state index is 12.3. The smallest absolute Gasteiger partial charge is 0.269 e. The summed E-state index contributed by atoms with van der Waals surface area (Å²) in [4.78, 5) is 25.6. The molecule has 3 rings (SSSR count). The van der Waals surface area contributed by atoms with E-state index in [-0.39, 0.29) is 11.8 Å². The molecular weight excluding hydrogens is 420 g/mol. The summed E-state index contributed by atoms with van der Waals surface area (Å²) in [7, 11) is 1.61. The molecule has 0 spiro atoms. The lowest BCUT2D eigenvalue weighted by Gasteiger charge is -2.09. The summed E-state index contributed by atoms with van der Waals surface area (Å²) in [6.45, 7) is 0.479. The van der Waals surface area contributed by atoms with Gasteiger partial charge in [-0.3, -0.25) is 20.4 Å². The lowest BCUT2D eigenvalue weighted by Crippen LogP contribution is -2.41. The average Bonchev–Trinajstić information content (AvgIpc) is 2.78. The van der Waals surface area contributed by atoms with E-state index in [0.29, 0.717) is 22.8 Å². The third-order valence-corrected chi connectivity index (χ3v) is 5.59. The van der Waals surface area contributed by atoms with Crippen molar-refractivity contribution in [2.24, 2.45) is 0 Å². The fourth-order valence-corrected chi connectivity index (χ4v) is 3.61. The van der Waals surface area contributed by atoms with E-state index in [0.717, 1.165) is 21.8 Å². The standard InChI is InChI=1S/C23H21ClN2O3S/c1-29-14-16-2-6-18(7-3-16)22(27)25-26-23(28)19-8-4-17(5-9-19)15-30-21-12-10-20(24)11-13-21/h2-13H,14-15H2,1H3,(H,25,27)(H,26,28). The Hall–Kier alpha value is -2.80. The van der Waals surface area contributed by atoms with E-state index >= 15 is 0 Å². The summed E-state index contributed by atoms with van der Waals surface area (Å²) in [6.07, 6.45) is 0. The monoisotopic (exact) mass is 440 g/mol. The van der Waals surface area contributed by atoms with Crippen LogP contribution in [0.5, 0.6) is 0 Å². The summed E-state index contributed by atoms with van der Waals surface area (Å²) >= 11 is 7.58. The summed E-state index contributed by atoms with van der Waals surface area (Å²) in [6, 6.07) is 21.9. The van der Waals surface area contributed by atoms with Gasteiger partial charge in [0.05, 0.1) is 6.61 Å². The van der Waals surface area contributed by atoms with E-state index in [4.69, 9.17) is 16.3 Å². The number of carbonyl (C=O) groups excluding carboxylic acids is 2. The first-order valence-corrected chi connectivity index (χ1v) is 10.6. The second-order valence-electron chi connectivity index (χ2n) is 6.48. The molecule has 0 radical (unpaired) electrons. The molecule has 30 heavy (non-hydrogen) atoms. The molecule has 0 atom stereocenters. The van der Waals surface area contributed by atoms with Gasteiger partial charge in [0.15, 0.2) is 0 Å². The number of benzene rings is 3. The minimum absolute atomic E-state index is 0.378. The Morgan fingerprint density at radius 3 is 1.80 bits per heavy atom. The molecule has 7 heteroatoms. The van der Waals surface area contributed by atoms with Gasteiger partial charge in [0.25, 0.3) is 11.8 Å². The van der Waals surface area contributed by atoms with E-state index in [1.807, 2.05) is 36.4 Å². The third-order valence-electron chi connectivity index (χ3n) is 4.25. The molecule has 0 aliphatic carbocycles. The van der Waals surface area contributed by atoms with E-state index in [1.165, 1.54) is 0 Å². The number of halogens is 1. The van der Waals surface area contributed by atoms with Crippen LogP contribution in [0.25, 0.3) is 0 Å². The van der Waals surface area contributed by atoms with Crippen LogP contribution in [0.3, 0.4) is 0 Å². The number of methoxy groups -OCH3 is 1. The first-order valence-electron chi connectivity index (χ1n) is 9.21. The number of carbonyl (C=O) groups is 2. The highest BCUT2D eigenvalue weighted by Gasteiger charge is 2.09. The van der Waals surface area contributed by atoms with E-state index in [1.54, 1.807) is 55.3 Å². The molecule has 0 aliphatic heterocycles. The second kappa shape index (κ2) is 10.8. The summed E-state index contributed by atoms with van der Waals surface area (Å²) in [5, 5.41) is 0.713. The molecule has 5 nitrogen and oxygen atoms in total. The van der Waals surface area contributed by atoms with Gasteiger partial charge in [0.1, 0.15) is 0 Å². The first-order chi connectivity index (χ1) is 14.5. The molecular formula is C23H21ClN2O3S. The van der Waals surface area contributed by atoms with Gasteiger partial charge in [-0.05, 0) is 59.7 Å². The van der Waals surface area contributed by atoms with Crippen LogP contribution < -0.4 is 10.9 Å². The van der Waals surface area contributed by atoms with Gasteiger partial charge in [0.2, 0.25) is 0 Å². The van der Waals surface area contributed by atoms with Crippen molar-refractivity contribution in [3.05, 3.63) is 100 Å². The van der Waals surface area contributed by atoms with Gasteiger partial charge in [-0.2, -0.15) is 0 Å². The highest BCUT2D eigenvalue weighted by molar-refractivity contribution is 7.98. The fraction of sp³-hybridized carbons (Fsp3) is 0.130. The Morgan fingerprint density at radius 1 is 0.800 bits per heavy atom. The van der Waals surface area contributed by atoms with E-state index in [2.05, 4.69) is 10.9 Å². The molecule has 0 aromatic heterocycles. The molecule has 3 aromatic carbocycles. The summed E-state index contributed by atoms with van der Waals surface area (Å²) in [5.74, 6) is 0.0128. The SMILES string of the molecule is COCc1ccc(C(=O)NNC(=O)c2ccc(CSc3ccc(Cl)cc3)cc2)cc1. The molecule has 0 aliphatic rings. The fourth-order valence-electron chi connectivity index (χ4n) is 2.63. The van der Waals surface area contributed by atoms with Crippen molar-refractivity contribution >= 4 is 35.2 Å². The number of amides is 2. The Kier molecular flexibility index (Phi) is 7.90. The van der Waals surface area contributed by atoms with Crippen molar-refractivity contribution in [2.45, 2.75) is 17.3 Å². The predicted octanol–water partition coefficient (Wildman–Crippen LogP) is 4.85. The van der Waals surface area contributed by atoms with Crippen LogP contribution in [0, 0.1) is 0 Å². The zero-order valence-electron chi connectivity index (χ0n) is 16.4. The molecule has 0 fully saturated rings. The van der Waals surface area contributed by atoms with Crippen LogP contribution in [0.4, 0.5) is 0 Å². The Bertz CT molecular complexity index is 990. The quantitative estimate of drug-likeness (QED) is 0.407. The average molecular weight is 441 g/mol. The van der Waals surface area contributed by atoms with Crippen LogP contribution in [-0.2, 0) is 17.1 Å². The molecule has 0 unspecified atom stereocenters. The van der Waals surface area contributed by atoms with Gasteiger partial charge in [-0.1, -0.05) is 35.9 Å². The van der Waals surface area contributed by atoms with Gasteiger partial charge >= 0.3 is 0 Å². The number of hydrogen-bond acceptors (Lipinski definition) is 4. The number of hydrazine groups is 1. The highest BCUT2D eigenvalue weighted by atomic mass is 35.5.